The fourth-order valence-corrected chi connectivity index (χ4v) is 8.46. The highest BCUT2D eigenvalue weighted by molar-refractivity contribution is 7.17. The van der Waals surface area contributed by atoms with E-state index in [-0.39, 0.29) is 35.4 Å². The minimum absolute atomic E-state index is 0.202. The van der Waals surface area contributed by atoms with E-state index in [1.165, 1.54) is 23.5 Å². The molecule has 3 aromatic heterocycles. The van der Waals surface area contributed by atoms with Crippen LogP contribution >= 0.6 is 11.3 Å². The number of aromatic amines is 1. The molecular formula is C39H37FN6O4S. The molecule has 12 heteroatoms. The van der Waals surface area contributed by atoms with Gasteiger partial charge in [0.25, 0.3) is 11.8 Å². The predicted octanol–water partition coefficient (Wildman–Crippen LogP) is 6.90. The summed E-state index contributed by atoms with van der Waals surface area (Å²) in [4.78, 5) is 58.1. The van der Waals surface area contributed by atoms with Gasteiger partial charge in [-0.1, -0.05) is 0 Å². The number of pyridine rings is 1. The number of ether oxygens (including phenoxy) is 1. The zero-order chi connectivity index (χ0) is 35.4. The molecule has 51 heavy (non-hydrogen) atoms. The molecule has 10 nitrogen and oxygen atoms in total. The van der Waals surface area contributed by atoms with E-state index in [1.807, 2.05) is 32.9 Å². The van der Waals surface area contributed by atoms with Crippen LogP contribution < -0.4 is 15.1 Å². The van der Waals surface area contributed by atoms with Crippen LogP contribution in [0.1, 0.15) is 71.6 Å². The van der Waals surface area contributed by atoms with Crippen LogP contribution in [0.15, 0.2) is 60.8 Å². The third kappa shape index (κ3) is 6.12. The molecule has 6 heterocycles. The number of aromatic nitrogens is 3. The Morgan fingerprint density at radius 2 is 1.76 bits per heavy atom. The standard InChI is InChI=1S/C39H37FN6O4S/c1-22-16-30(36(41-19-22)45-20-39(21-45)11-14-50-15-12-39)37(48)44-28-7-4-25(5-8-28)38(49)46-13-10-26-17-32(33(47)35-42-23(2)24(3)43-35)51-34(26)29-9-6-27(40)18-31(29)46/h4-9,16-19H,10-15,20-21H2,1-3H3,(H,42,43)(H,44,48). The maximum atomic E-state index is 14.7. The van der Waals surface area contributed by atoms with Crippen molar-refractivity contribution in [3.05, 3.63) is 111 Å². The lowest BCUT2D eigenvalue weighted by molar-refractivity contribution is -0.000511. The van der Waals surface area contributed by atoms with Crippen molar-refractivity contribution in [3.63, 3.8) is 0 Å². The number of nitrogens with zero attached hydrogens (tertiary/aromatic N) is 4. The largest absolute Gasteiger partial charge is 0.381 e. The molecule has 0 unspecified atom stereocenters. The Hall–Kier alpha value is -5.20. The topological polar surface area (TPSA) is 121 Å². The van der Waals surface area contributed by atoms with Crippen LogP contribution in [0.3, 0.4) is 0 Å². The normalized spacial score (nSPS) is 16.2. The van der Waals surface area contributed by atoms with Crippen molar-refractivity contribution in [3.8, 4) is 10.4 Å². The number of benzene rings is 2. The van der Waals surface area contributed by atoms with Crippen LogP contribution in [-0.4, -0.2) is 65.4 Å². The Balaban J connectivity index is 1.00. The van der Waals surface area contributed by atoms with Gasteiger partial charge in [-0.15, -0.1) is 11.3 Å². The number of rotatable bonds is 6. The lowest BCUT2D eigenvalue weighted by Gasteiger charge is -2.53. The van der Waals surface area contributed by atoms with E-state index >= 15 is 0 Å². The van der Waals surface area contributed by atoms with Crippen LogP contribution in [0, 0.1) is 32.0 Å². The second-order valence-corrected chi connectivity index (χ2v) is 14.9. The summed E-state index contributed by atoms with van der Waals surface area (Å²) in [6.45, 7) is 9.17. The van der Waals surface area contributed by atoms with Crippen LogP contribution in [-0.2, 0) is 11.2 Å². The van der Waals surface area contributed by atoms with Crippen LogP contribution in [0.4, 0.5) is 21.6 Å². The summed E-state index contributed by atoms with van der Waals surface area (Å²) in [6.07, 6.45) is 4.30. The molecule has 0 saturated carbocycles. The van der Waals surface area contributed by atoms with Crippen molar-refractivity contribution < 1.29 is 23.5 Å². The number of amides is 2. The lowest BCUT2D eigenvalue weighted by Crippen LogP contribution is -2.59. The number of halogens is 1. The number of carbonyl (C=O) groups is 3. The smallest absolute Gasteiger partial charge is 0.259 e. The van der Waals surface area contributed by atoms with E-state index in [9.17, 15) is 18.8 Å². The van der Waals surface area contributed by atoms with E-state index in [1.54, 1.807) is 41.4 Å². The van der Waals surface area contributed by atoms with Gasteiger partial charge in [-0.2, -0.15) is 0 Å². The number of carbonyl (C=O) groups excluding carboxylic acids is 3. The number of hydrogen-bond acceptors (Lipinski definition) is 8. The minimum Gasteiger partial charge on any atom is -0.381 e. The highest BCUT2D eigenvalue weighted by Gasteiger charge is 2.45. The first-order valence-electron chi connectivity index (χ1n) is 17.1. The molecule has 0 atom stereocenters. The summed E-state index contributed by atoms with van der Waals surface area (Å²) in [6, 6.07) is 14.9. The molecule has 260 valence electrons. The second kappa shape index (κ2) is 12.8. The highest BCUT2D eigenvalue weighted by atomic mass is 32.1. The number of aryl methyl sites for hydroxylation is 3. The van der Waals surface area contributed by atoms with E-state index in [0.29, 0.717) is 45.2 Å². The van der Waals surface area contributed by atoms with Crippen LogP contribution in [0.25, 0.3) is 10.4 Å². The summed E-state index contributed by atoms with van der Waals surface area (Å²) < 4.78 is 20.3. The lowest BCUT2D eigenvalue weighted by atomic mass is 9.73. The molecule has 2 aromatic carbocycles. The van der Waals surface area contributed by atoms with Gasteiger partial charge in [-0.25, -0.2) is 14.4 Å². The summed E-state index contributed by atoms with van der Waals surface area (Å²) in [5.74, 6) is -0.275. The molecule has 1 spiro atoms. The molecule has 0 radical (unpaired) electrons. The summed E-state index contributed by atoms with van der Waals surface area (Å²) in [7, 11) is 0. The summed E-state index contributed by atoms with van der Waals surface area (Å²) in [5.41, 5.74) is 6.20. The number of thiophene rings is 1. The fourth-order valence-electron chi connectivity index (χ4n) is 7.28. The van der Waals surface area contributed by atoms with Crippen LogP contribution in [0.2, 0.25) is 0 Å². The number of nitrogens with one attached hydrogen (secondary N) is 2. The molecular weight excluding hydrogens is 668 g/mol. The quantitative estimate of drug-likeness (QED) is 0.185. The van der Waals surface area contributed by atoms with Gasteiger partial charge < -0.3 is 24.8 Å². The fraction of sp³-hybridized carbons (Fsp3) is 0.308. The maximum absolute atomic E-state index is 14.7. The Kier molecular flexibility index (Phi) is 8.30. The third-order valence-electron chi connectivity index (χ3n) is 10.3. The average molecular weight is 705 g/mol. The maximum Gasteiger partial charge on any atom is 0.259 e. The molecule has 8 rings (SSSR count). The molecule has 2 amide bonds. The number of ketones is 1. The van der Waals surface area contributed by atoms with E-state index in [0.717, 1.165) is 66.5 Å². The van der Waals surface area contributed by atoms with Gasteiger partial charge >= 0.3 is 0 Å². The molecule has 0 bridgehead atoms. The van der Waals surface area contributed by atoms with E-state index < -0.39 is 5.82 Å². The zero-order valence-corrected chi connectivity index (χ0v) is 29.5. The molecule has 2 N–H and O–H groups in total. The Morgan fingerprint density at radius 1 is 1.00 bits per heavy atom. The monoisotopic (exact) mass is 704 g/mol. The first kappa shape index (κ1) is 33.0. The number of fused-ring (bicyclic) bond motifs is 3. The minimum atomic E-state index is -0.464. The van der Waals surface area contributed by atoms with Crippen molar-refractivity contribution in [1.29, 1.82) is 0 Å². The number of anilines is 3. The summed E-state index contributed by atoms with van der Waals surface area (Å²) in [5, 5.41) is 2.98. The second-order valence-electron chi connectivity index (χ2n) is 13.8. The molecule has 3 aliphatic heterocycles. The molecule has 5 aromatic rings. The number of imidazole rings is 1. The number of hydrogen-bond donors (Lipinski definition) is 2. The average Bonchev–Trinajstić information content (AvgIpc) is 3.65. The number of H-pyrrole nitrogens is 1. The molecule has 3 aliphatic rings. The predicted molar refractivity (Wildman–Crippen MR) is 195 cm³/mol. The zero-order valence-electron chi connectivity index (χ0n) is 28.6. The van der Waals surface area contributed by atoms with Crippen molar-refractivity contribution in [2.45, 2.75) is 40.0 Å². The van der Waals surface area contributed by atoms with Crippen molar-refractivity contribution in [2.75, 3.05) is 48.0 Å². The highest BCUT2D eigenvalue weighted by Crippen LogP contribution is 2.44. The Bertz CT molecular complexity index is 2180. The van der Waals surface area contributed by atoms with Gasteiger partial charge in [0.05, 0.1) is 21.8 Å². The molecule has 2 fully saturated rings. The van der Waals surface area contributed by atoms with E-state index in [2.05, 4.69) is 25.2 Å². The Labute approximate surface area is 298 Å². The molecule has 2 saturated heterocycles. The first-order chi connectivity index (χ1) is 24.6. The van der Waals surface area contributed by atoms with Gasteiger partial charge in [0, 0.05) is 71.8 Å². The van der Waals surface area contributed by atoms with Gasteiger partial charge in [0.2, 0.25) is 5.78 Å². The Morgan fingerprint density at radius 3 is 2.49 bits per heavy atom. The van der Waals surface area contributed by atoms with Crippen molar-refractivity contribution in [1.82, 2.24) is 15.0 Å². The van der Waals surface area contributed by atoms with Crippen molar-refractivity contribution >= 4 is 46.1 Å². The third-order valence-corrected chi connectivity index (χ3v) is 11.5. The van der Waals surface area contributed by atoms with Gasteiger partial charge in [0.15, 0.2) is 5.82 Å². The summed E-state index contributed by atoms with van der Waals surface area (Å²) >= 11 is 1.32. The van der Waals surface area contributed by atoms with Gasteiger partial charge in [-0.3, -0.25) is 14.4 Å². The van der Waals surface area contributed by atoms with Crippen LogP contribution in [0.5, 0.6) is 0 Å². The SMILES string of the molecule is Cc1cnc(N2CC3(CCOCC3)C2)c(C(=O)Nc2ccc(C(=O)N3CCc4cc(C(=O)c5nc(C)c(C)[nH]5)sc4-c4ccc(F)cc43)cc2)c1. The molecule has 0 aliphatic carbocycles. The van der Waals surface area contributed by atoms with Gasteiger partial charge in [0.1, 0.15) is 11.6 Å². The van der Waals surface area contributed by atoms with Gasteiger partial charge in [-0.05, 0) is 106 Å². The first-order valence-corrected chi connectivity index (χ1v) is 17.9. The van der Waals surface area contributed by atoms with Crippen molar-refractivity contribution in [2.24, 2.45) is 5.41 Å². The van der Waals surface area contributed by atoms with E-state index in [4.69, 9.17) is 4.74 Å².